The van der Waals surface area contributed by atoms with Gasteiger partial charge in [0.1, 0.15) is 6.10 Å². The third-order valence-electron chi connectivity index (χ3n) is 7.99. The van der Waals surface area contributed by atoms with Crippen molar-refractivity contribution in [2.75, 3.05) is 37.9 Å². The summed E-state index contributed by atoms with van der Waals surface area (Å²) in [5.74, 6) is -0.140. The van der Waals surface area contributed by atoms with Gasteiger partial charge < -0.3 is 9.64 Å². The largest absolute Gasteiger partial charge is 0.471 e. The van der Waals surface area contributed by atoms with E-state index in [1.54, 1.807) is 30.1 Å². The first kappa shape index (κ1) is 34.4. The molecule has 1 aromatic heterocycles. The summed E-state index contributed by atoms with van der Waals surface area (Å²) in [6, 6.07) is 13.8. The predicted molar refractivity (Wildman–Crippen MR) is 180 cm³/mol. The maximum absolute atomic E-state index is 13.6. The van der Waals surface area contributed by atoms with E-state index >= 15 is 0 Å². The van der Waals surface area contributed by atoms with E-state index in [1.807, 2.05) is 32.0 Å². The van der Waals surface area contributed by atoms with Gasteiger partial charge in [-0.15, -0.1) is 0 Å². The molecule has 0 fully saturated rings. The number of sulfonamides is 1. The van der Waals surface area contributed by atoms with Crippen LogP contribution in [0.15, 0.2) is 53.4 Å². The van der Waals surface area contributed by atoms with Crippen molar-refractivity contribution in [2.24, 2.45) is 10.8 Å². The number of aromatic nitrogens is 2. The molecule has 1 aliphatic heterocycles. The number of likely N-dealkylation sites (N-methyl/N-ethyl adjacent to an activating group) is 1. The summed E-state index contributed by atoms with van der Waals surface area (Å²) in [5, 5.41) is 0. The van der Waals surface area contributed by atoms with Crippen LogP contribution in [-0.4, -0.2) is 73.4 Å². The van der Waals surface area contributed by atoms with Crippen molar-refractivity contribution in [1.82, 2.24) is 19.8 Å². The zero-order chi connectivity index (χ0) is 33.2. The topological polar surface area (TPSA) is 105 Å². The van der Waals surface area contributed by atoms with Gasteiger partial charge in [-0.25, -0.2) is 18.1 Å². The van der Waals surface area contributed by atoms with E-state index in [-0.39, 0.29) is 45.6 Å². The molecule has 1 N–H and O–H groups in total. The second-order valence-corrected chi connectivity index (χ2v) is 16.3. The molecule has 0 radical (unpaired) electrons. The van der Waals surface area contributed by atoms with Crippen LogP contribution in [0, 0.1) is 24.7 Å². The molecular formula is C35H49N5O4S. The summed E-state index contributed by atoms with van der Waals surface area (Å²) in [6.45, 7) is 20.0. The number of benzene rings is 2. The second-order valence-electron chi connectivity index (χ2n) is 14.7. The molecule has 9 nitrogen and oxygen atoms in total. The van der Waals surface area contributed by atoms with Gasteiger partial charge in [0.2, 0.25) is 11.8 Å². The Morgan fingerprint density at radius 3 is 2.13 bits per heavy atom. The van der Waals surface area contributed by atoms with E-state index in [2.05, 4.69) is 61.1 Å². The first-order valence-electron chi connectivity index (χ1n) is 15.6. The summed E-state index contributed by atoms with van der Waals surface area (Å²) in [7, 11) is -2.38. The molecule has 1 amide bonds. The van der Waals surface area contributed by atoms with Crippen LogP contribution in [-0.2, 0) is 10.0 Å². The number of amides is 1. The molecular weight excluding hydrogens is 586 g/mol. The van der Waals surface area contributed by atoms with Gasteiger partial charge in [-0.1, -0.05) is 65.8 Å². The lowest BCUT2D eigenvalue weighted by atomic mass is 9.90. The number of aryl methyl sites for hydroxylation is 2. The molecule has 10 heteroatoms. The van der Waals surface area contributed by atoms with Crippen molar-refractivity contribution in [1.29, 1.82) is 0 Å². The molecule has 45 heavy (non-hydrogen) atoms. The Labute approximate surface area is 269 Å². The number of nitrogens with zero attached hydrogens (tertiary/aromatic N) is 4. The predicted octanol–water partition coefficient (Wildman–Crippen LogP) is 6.57. The highest BCUT2D eigenvalue weighted by molar-refractivity contribution is 7.92. The molecule has 0 saturated heterocycles. The number of fused-ring (bicyclic) bond motifs is 4. The van der Waals surface area contributed by atoms with Crippen LogP contribution in [0.2, 0.25) is 0 Å². The summed E-state index contributed by atoms with van der Waals surface area (Å²) in [5.41, 5.74) is 4.02. The fourth-order valence-electron chi connectivity index (χ4n) is 5.33. The number of hydrogen-bond acceptors (Lipinski definition) is 7. The fraction of sp³-hybridized carbons (Fsp3) is 0.514. The lowest BCUT2D eigenvalue weighted by Gasteiger charge is -2.33. The van der Waals surface area contributed by atoms with E-state index in [0.717, 1.165) is 42.6 Å². The molecule has 2 aromatic carbocycles. The third kappa shape index (κ3) is 9.50. The molecule has 0 aliphatic carbocycles. The molecule has 244 valence electrons. The minimum absolute atomic E-state index is 0.0448. The Morgan fingerprint density at radius 1 is 0.933 bits per heavy atom. The van der Waals surface area contributed by atoms with Gasteiger partial charge >= 0.3 is 0 Å². The fourth-order valence-corrected chi connectivity index (χ4v) is 6.32. The molecule has 0 saturated carbocycles. The van der Waals surface area contributed by atoms with Crippen LogP contribution in [0.4, 0.5) is 5.95 Å². The zero-order valence-electron chi connectivity index (χ0n) is 28.3. The smallest absolute Gasteiger partial charge is 0.264 e. The van der Waals surface area contributed by atoms with Crippen molar-refractivity contribution in [3.8, 4) is 17.1 Å². The molecule has 1 aliphatic rings. The monoisotopic (exact) mass is 635 g/mol. The summed E-state index contributed by atoms with van der Waals surface area (Å²) < 4.78 is 36.2. The minimum atomic E-state index is -4.10. The van der Waals surface area contributed by atoms with Gasteiger partial charge in [0.25, 0.3) is 15.9 Å². The van der Waals surface area contributed by atoms with E-state index < -0.39 is 16.1 Å². The van der Waals surface area contributed by atoms with Crippen molar-refractivity contribution >= 4 is 21.9 Å². The van der Waals surface area contributed by atoms with Crippen LogP contribution in [0.5, 0.6) is 5.88 Å². The van der Waals surface area contributed by atoms with Crippen LogP contribution >= 0.6 is 0 Å². The highest BCUT2D eigenvalue weighted by atomic mass is 32.2. The SMILES string of the molecule is Cc1cccc(C)c1-c1cc2nc(n1)NS(=O)(=O)c1cccc(c1)C(=O)N(C)CC(CN(CCC(C)(C)C)CCC(C)(C)C)O2. The molecule has 3 aromatic rings. The number of carbonyl (C=O) groups is 1. The number of ether oxygens (including phenoxy) is 1. The quantitative estimate of drug-likeness (QED) is 0.313. The van der Waals surface area contributed by atoms with Gasteiger partial charge in [0, 0.05) is 30.8 Å². The Bertz CT molecular complexity index is 1590. The minimum Gasteiger partial charge on any atom is -0.471 e. The highest BCUT2D eigenvalue weighted by Gasteiger charge is 2.27. The standard InChI is InChI=1S/C35H49N5O4S/c1-24-12-10-13-25(2)31(24)29-21-30-37-33(36-29)38-45(42,43)28-15-11-14-26(20-28)32(41)39(9)22-27(44-30)23-40(18-16-34(3,4)5)19-17-35(6,7)8/h10-15,20-21,27H,16-19,22-23H2,1-9H3,(H,36,37,38). The van der Waals surface area contributed by atoms with Crippen LogP contribution < -0.4 is 9.46 Å². The van der Waals surface area contributed by atoms with E-state index in [9.17, 15) is 13.2 Å². The Hall–Kier alpha value is -3.50. The van der Waals surface area contributed by atoms with Crippen molar-refractivity contribution < 1.29 is 17.9 Å². The van der Waals surface area contributed by atoms with Gasteiger partial charge in [0.15, 0.2) is 0 Å². The van der Waals surface area contributed by atoms with Crippen LogP contribution in [0.1, 0.15) is 75.9 Å². The maximum Gasteiger partial charge on any atom is 0.264 e. The molecule has 1 atom stereocenters. The van der Waals surface area contributed by atoms with Crippen LogP contribution in [0.3, 0.4) is 0 Å². The average molecular weight is 636 g/mol. The highest BCUT2D eigenvalue weighted by Crippen LogP contribution is 2.30. The van der Waals surface area contributed by atoms with Gasteiger partial charge in [-0.3, -0.25) is 9.69 Å². The Morgan fingerprint density at radius 2 is 1.53 bits per heavy atom. The van der Waals surface area contributed by atoms with Gasteiger partial charge in [-0.2, -0.15) is 4.98 Å². The molecule has 4 bridgehead atoms. The average Bonchev–Trinajstić information content (AvgIpc) is 2.92. The van der Waals surface area contributed by atoms with E-state index in [4.69, 9.17) is 4.74 Å². The zero-order valence-corrected chi connectivity index (χ0v) is 29.1. The third-order valence-corrected chi connectivity index (χ3v) is 9.31. The van der Waals surface area contributed by atoms with Gasteiger partial charge in [0.05, 0.1) is 17.1 Å². The van der Waals surface area contributed by atoms with Crippen LogP contribution in [0.25, 0.3) is 11.3 Å². The van der Waals surface area contributed by atoms with Crippen molar-refractivity contribution in [2.45, 2.75) is 79.2 Å². The number of anilines is 1. The van der Waals surface area contributed by atoms with Crippen molar-refractivity contribution in [3.63, 3.8) is 0 Å². The van der Waals surface area contributed by atoms with Gasteiger partial charge in [-0.05, 0) is 79.9 Å². The normalized spacial score (nSPS) is 17.2. The van der Waals surface area contributed by atoms with Crippen molar-refractivity contribution in [3.05, 3.63) is 65.2 Å². The first-order chi connectivity index (χ1) is 20.9. The lowest BCUT2D eigenvalue weighted by Crippen LogP contribution is -2.45. The Balaban J connectivity index is 1.82. The number of nitrogens with one attached hydrogen (secondary N) is 1. The first-order valence-corrected chi connectivity index (χ1v) is 17.1. The Kier molecular flexibility index (Phi) is 10.3. The second kappa shape index (κ2) is 13.5. The molecule has 1 unspecified atom stereocenters. The molecule has 0 spiro atoms. The number of rotatable bonds is 7. The molecule has 2 heterocycles. The summed E-state index contributed by atoms with van der Waals surface area (Å²) in [4.78, 5) is 26.7. The summed E-state index contributed by atoms with van der Waals surface area (Å²) in [6.07, 6.45) is 1.55. The molecule has 4 rings (SSSR count). The number of carbonyl (C=O) groups excluding carboxylic acids is 1. The van der Waals surface area contributed by atoms with E-state index in [0.29, 0.717) is 12.2 Å². The van der Waals surface area contributed by atoms with E-state index in [1.165, 1.54) is 12.1 Å². The number of hydrogen-bond donors (Lipinski definition) is 1. The lowest BCUT2D eigenvalue weighted by molar-refractivity contribution is 0.0615. The maximum atomic E-state index is 13.6. The summed E-state index contributed by atoms with van der Waals surface area (Å²) >= 11 is 0.